The zero-order valence-corrected chi connectivity index (χ0v) is 13.3. The highest BCUT2D eigenvalue weighted by molar-refractivity contribution is 7.10. The van der Waals surface area contributed by atoms with Gasteiger partial charge in [-0.15, -0.1) is 11.3 Å². The molecule has 0 N–H and O–H groups in total. The van der Waals surface area contributed by atoms with E-state index in [9.17, 15) is 0 Å². The first kappa shape index (κ1) is 14.2. The molecule has 114 valence electrons. The van der Waals surface area contributed by atoms with Gasteiger partial charge in [0, 0.05) is 30.2 Å². The molecule has 1 aliphatic rings. The van der Waals surface area contributed by atoms with Crippen LogP contribution in [-0.4, -0.2) is 9.78 Å². The Labute approximate surface area is 138 Å². The number of nitrogens with zero attached hydrogens (tertiary/aromatic N) is 3. The Morgan fingerprint density at radius 1 is 1.35 bits per heavy atom. The van der Waals surface area contributed by atoms with Crippen molar-refractivity contribution in [2.75, 3.05) is 0 Å². The Hall–Kier alpha value is -2.42. The fourth-order valence-electron chi connectivity index (χ4n) is 3.20. The van der Waals surface area contributed by atoms with E-state index in [1.54, 1.807) is 17.5 Å². The van der Waals surface area contributed by atoms with E-state index in [0.717, 1.165) is 18.5 Å². The largest absolute Gasteiger partial charge is 0.360 e. The zero-order valence-electron chi connectivity index (χ0n) is 12.5. The first-order valence-electron chi connectivity index (χ1n) is 7.51. The van der Waals surface area contributed by atoms with E-state index in [-0.39, 0.29) is 0 Å². The van der Waals surface area contributed by atoms with Gasteiger partial charge in [0.1, 0.15) is 5.60 Å². The molecule has 4 nitrogen and oxygen atoms in total. The molecular weight excluding hydrogens is 306 g/mol. The summed E-state index contributed by atoms with van der Waals surface area (Å²) < 4.78 is 8.24. The van der Waals surface area contributed by atoms with Crippen molar-refractivity contribution >= 4 is 11.3 Å². The molecule has 0 spiro atoms. The van der Waals surface area contributed by atoms with Crippen molar-refractivity contribution in [3.8, 4) is 6.07 Å². The molecule has 0 fully saturated rings. The number of thiophene rings is 1. The maximum absolute atomic E-state index is 9.11. The molecule has 1 unspecified atom stereocenters. The SMILES string of the molecule is N#Cc1ccc2c(c1)COC2(CCn1cccn1)c1cccs1. The standard InChI is InChI=1S/C18H15N3OS/c19-12-14-4-5-16-15(11-14)13-22-18(16,17-3-1-10-23-17)6-9-21-8-2-7-20-21/h1-5,7-8,10-11H,6,9,13H2. The van der Waals surface area contributed by atoms with E-state index in [4.69, 9.17) is 10.00 Å². The van der Waals surface area contributed by atoms with Crippen molar-refractivity contribution < 1.29 is 4.74 Å². The van der Waals surface area contributed by atoms with E-state index < -0.39 is 5.60 Å². The number of ether oxygens (including phenoxy) is 1. The van der Waals surface area contributed by atoms with Crippen molar-refractivity contribution in [2.24, 2.45) is 0 Å². The third-order valence-corrected chi connectivity index (χ3v) is 5.33. The molecule has 3 aromatic rings. The van der Waals surface area contributed by atoms with E-state index >= 15 is 0 Å². The Bertz CT molecular complexity index is 849. The quantitative estimate of drug-likeness (QED) is 0.736. The zero-order chi connectivity index (χ0) is 15.7. The molecule has 0 saturated heterocycles. The fourth-order valence-corrected chi connectivity index (χ4v) is 4.12. The molecule has 0 bridgehead atoms. The third-order valence-electron chi connectivity index (χ3n) is 4.31. The molecule has 2 aromatic heterocycles. The molecule has 3 heterocycles. The summed E-state index contributed by atoms with van der Waals surface area (Å²) in [5.41, 5.74) is 2.52. The van der Waals surface area contributed by atoms with Crippen molar-refractivity contribution in [1.82, 2.24) is 9.78 Å². The second-order valence-corrected chi connectivity index (χ2v) is 6.54. The number of aryl methyl sites for hydroxylation is 1. The fraction of sp³-hybridized carbons (Fsp3) is 0.222. The van der Waals surface area contributed by atoms with Crippen molar-refractivity contribution in [1.29, 1.82) is 5.26 Å². The van der Waals surface area contributed by atoms with Gasteiger partial charge in [0.15, 0.2) is 0 Å². The lowest BCUT2D eigenvalue weighted by atomic mass is 9.87. The van der Waals surface area contributed by atoms with Crippen LogP contribution in [0.3, 0.4) is 0 Å². The van der Waals surface area contributed by atoms with Gasteiger partial charge in [0.25, 0.3) is 0 Å². The van der Waals surface area contributed by atoms with Gasteiger partial charge in [-0.3, -0.25) is 4.68 Å². The molecule has 23 heavy (non-hydrogen) atoms. The van der Waals surface area contributed by atoms with E-state index in [1.807, 2.05) is 35.1 Å². The van der Waals surface area contributed by atoms with Gasteiger partial charge in [0.05, 0.1) is 18.2 Å². The molecule has 0 aliphatic carbocycles. The summed E-state index contributed by atoms with van der Waals surface area (Å²) in [5.74, 6) is 0. The number of hydrogen-bond donors (Lipinski definition) is 0. The lowest BCUT2D eigenvalue weighted by Crippen LogP contribution is -2.27. The van der Waals surface area contributed by atoms with E-state index in [0.29, 0.717) is 12.2 Å². The van der Waals surface area contributed by atoms with Crippen LogP contribution in [-0.2, 0) is 23.5 Å². The topological polar surface area (TPSA) is 50.8 Å². The van der Waals surface area contributed by atoms with Gasteiger partial charge < -0.3 is 4.74 Å². The maximum Gasteiger partial charge on any atom is 0.130 e. The van der Waals surface area contributed by atoms with Crippen LogP contribution in [0.4, 0.5) is 0 Å². The summed E-state index contributed by atoms with van der Waals surface area (Å²) >= 11 is 1.71. The molecule has 1 atom stereocenters. The first-order valence-corrected chi connectivity index (χ1v) is 8.39. The highest BCUT2D eigenvalue weighted by Crippen LogP contribution is 2.46. The van der Waals surface area contributed by atoms with Crippen molar-refractivity contribution in [2.45, 2.75) is 25.2 Å². The van der Waals surface area contributed by atoms with Gasteiger partial charge in [-0.25, -0.2) is 0 Å². The predicted molar refractivity (Wildman–Crippen MR) is 87.9 cm³/mol. The second-order valence-electron chi connectivity index (χ2n) is 5.60. The second kappa shape index (κ2) is 5.65. The normalized spacial score (nSPS) is 19.4. The number of aromatic nitrogens is 2. The predicted octanol–water partition coefficient (Wildman–Crippen LogP) is 3.68. The molecule has 0 amide bonds. The maximum atomic E-state index is 9.11. The summed E-state index contributed by atoms with van der Waals surface area (Å²) in [6.45, 7) is 1.33. The van der Waals surface area contributed by atoms with Gasteiger partial charge in [-0.05, 0) is 40.8 Å². The van der Waals surface area contributed by atoms with Crippen LogP contribution in [0.1, 0.15) is 28.0 Å². The van der Waals surface area contributed by atoms with Crippen LogP contribution in [0.5, 0.6) is 0 Å². The summed E-state index contributed by atoms with van der Waals surface area (Å²) in [4.78, 5) is 1.20. The molecular formula is C18H15N3OS. The average molecular weight is 321 g/mol. The Balaban J connectivity index is 1.76. The summed E-state index contributed by atoms with van der Waals surface area (Å²) in [5, 5.41) is 15.5. The number of fused-ring (bicyclic) bond motifs is 1. The van der Waals surface area contributed by atoms with E-state index in [1.165, 1.54) is 10.4 Å². The Morgan fingerprint density at radius 3 is 3.04 bits per heavy atom. The van der Waals surface area contributed by atoms with Crippen LogP contribution in [0.15, 0.2) is 54.2 Å². The first-order chi connectivity index (χ1) is 11.3. The number of nitriles is 1. The average Bonchev–Trinajstić information content (AvgIpc) is 3.33. The van der Waals surface area contributed by atoms with Gasteiger partial charge in [-0.2, -0.15) is 10.4 Å². The van der Waals surface area contributed by atoms with Gasteiger partial charge in [0.2, 0.25) is 0 Å². The smallest absolute Gasteiger partial charge is 0.130 e. The Morgan fingerprint density at radius 2 is 2.30 bits per heavy atom. The lowest BCUT2D eigenvalue weighted by molar-refractivity contribution is -0.0124. The third kappa shape index (κ3) is 2.37. The lowest BCUT2D eigenvalue weighted by Gasteiger charge is -2.29. The minimum atomic E-state index is -0.441. The molecule has 0 radical (unpaired) electrons. The highest BCUT2D eigenvalue weighted by Gasteiger charge is 2.42. The van der Waals surface area contributed by atoms with Crippen molar-refractivity contribution in [3.63, 3.8) is 0 Å². The number of rotatable bonds is 4. The summed E-state index contributed by atoms with van der Waals surface area (Å²) in [7, 11) is 0. The van der Waals surface area contributed by atoms with Crippen molar-refractivity contribution in [3.05, 3.63) is 75.7 Å². The molecule has 1 aromatic carbocycles. The minimum absolute atomic E-state index is 0.441. The van der Waals surface area contributed by atoms with Crippen LogP contribution < -0.4 is 0 Å². The van der Waals surface area contributed by atoms with Crippen LogP contribution in [0, 0.1) is 11.3 Å². The number of benzene rings is 1. The molecule has 0 saturated carbocycles. The summed E-state index contributed by atoms with van der Waals surface area (Å²) in [6.07, 6.45) is 4.57. The van der Waals surface area contributed by atoms with Crippen LogP contribution in [0.2, 0.25) is 0 Å². The van der Waals surface area contributed by atoms with E-state index in [2.05, 4.69) is 28.7 Å². The molecule has 1 aliphatic heterocycles. The summed E-state index contributed by atoms with van der Waals surface area (Å²) in [6, 6.07) is 14.2. The highest BCUT2D eigenvalue weighted by atomic mass is 32.1. The van der Waals surface area contributed by atoms with Crippen LogP contribution >= 0.6 is 11.3 Å². The Kier molecular flexibility index (Phi) is 3.49. The monoisotopic (exact) mass is 321 g/mol. The molecule has 5 heteroatoms. The minimum Gasteiger partial charge on any atom is -0.360 e. The van der Waals surface area contributed by atoms with Gasteiger partial charge in [-0.1, -0.05) is 12.1 Å². The number of hydrogen-bond acceptors (Lipinski definition) is 4. The van der Waals surface area contributed by atoms with Crippen LogP contribution in [0.25, 0.3) is 0 Å². The molecule has 4 rings (SSSR count). The van der Waals surface area contributed by atoms with Gasteiger partial charge >= 0.3 is 0 Å².